The van der Waals surface area contributed by atoms with E-state index in [1.807, 2.05) is 0 Å². The summed E-state index contributed by atoms with van der Waals surface area (Å²) in [5, 5.41) is 10.8. The number of benzene rings is 1. The smallest absolute Gasteiger partial charge is 0.375 e. The van der Waals surface area contributed by atoms with Gasteiger partial charge in [0.1, 0.15) is 5.76 Å². The summed E-state index contributed by atoms with van der Waals surface area (Å²) in [4.78, 5) is 21.6. The van der Waals surface area contributed by atoms with E-state index in [0.717, 1.165) is 0 Å². The summed E-state index contributed by atoms with van der Waals surface area (Å²) in [6.45, 7) is -0.160. The number of nitro benzene ring substituents is 1. The normalized spacial score (nSPS) is 9.90. The Labute approximate surface area is 124 Å². The number of rotatable bonds is 4. The Hall–Kier alpha value is -2.78. The molecular formula is C14H8ClNO5. The summed E-state index contributed by atoms with van der Waals surface area (Å²) in [5.74, 6) is 1.73. The van der Waals surface area contributed by atoms with Crippen molar-refractivity contribution < 1.29 is 18.9 Å². The SMILES string of the molecule is C#CCOC(=O)c1ccc(-c2ccc([N+](=O)[O-])cc2Cl)o1. The number of nitro groups is 1. The number of furan rings is 1. The predicted octanol–water partition coefficient (Wildman–Crippen LogP) is 3.30. The quantitative estimate of drug-likeness (QED) is 0.374. The molecule has 0 atom stereocenters. The van der Waals surface area contributed by atoms with Gasteiger partial charge in [-0.2, -0.15) is 0 Å². The van der Waals surface area contributed by atoms with Gasteiger partial charge in [0.25, 0.3) is 5.69 Å². The van der Waals surface area contributed by atoms with Crippen LogP contribution < -0.4 is 0 Å². The molecule has 0 fully saturated rings. The average molecular weight is 306 g/mol. The highest BCUT2D eigenvalue weighted by Crippen LogP contribution is 2.32. The van der Waals surface area contributed by atoms with Crippen molar-refractivity contribution in [3.05, 3.63) is 51.2 Å². The minimum absolute atomic E-state index is 0.0327. The van der Waals surface area contributed by atoms with Crippen molar-refractivity contribution in [1.29, 1.82) is 0 Å². The molecule has 0 saturated heterocycles. The van der Waals surface area contributed by atoms with E-state index in [-0.39, 0.29) is 23.1 Å². The standard InChI is InChI=1S/C14H8ClNO5/c1-2-7-20-14(17)13-6-5-12(21-13)10-4-3-9(16(18)19)8-11(10)15/h1,3-6,8H,7H2. The first-order chi connectivity index (χ1) is 10.0. The Morgan fingerprint density at radius 2 is 2.19 bits per heavy atom. The second kappa shape index (κ2) is 6.11. The molecule has 0 bridgehead atoms. The Bertz CT molecular complexity index is 744. The zero-order chi connectivity index (χ0) is 15.4. The van der Waals surface area contributed by atoms with Crippen molar-refractivity contribution in [3.63, 3.8) is 0 Å². The van der Waals surface area contributed by atoms with Gasteiger partial charge in [-0.15, -0.1) is 6.42 Å². The first kappa shape index (κ1) is 14.6. The zero-order valence-electron chi connectivity index (χ0n) is 10.5. The molecule has 0 aliphatic heterocycles. The number of ether oxygens (including phenoxy) is 1. The van der Waals surface area contributed by atoms with Crippen LogP contribution in [0.1, 0.15) is 10.6 Å². The number of terminal acetylenes is 1. The molecule has 1 aromatic heterocycles. The molecule has 0 N–H and O–H groups in total. The highest BCUT2D eigenvalue weighted by Gasteiger charge is 2.16. The fourth-order valence-corrected chi connectivity index (χ4v) is 1.86. The first-order valence-electron chi connectivity index (χ1n) is 5.67. The van der Waals surface area contributed by atoms with Crippen LogP contribution in [0.2, 0.25) is 5.02 Å². The van der Waals surface area contributed by atoms with Crippen LogP contribution in [0.25, 0.3) is 11.3 Å². The third kappa shape index (κ3) is 3.22. The van der Waals surface area contributed by atoms with Crippen molar-refractivity contribution in [2.24, 2.45) is 0 Å². The maximum atomic E-state index is 11.5. The molecule has 2 rings (SSSR count). The van der Waals surface area contributed by atoms with Crippen LogP contribution in [0.3, 0.4) is 0 Å². The van der Waals surface area contributed by atoms with E-state index in [4.69, 9.17) is 27.2 Å². The summed E-state index contributed by atoms with van der Waals surface area (Å²) < 4.78 is 10.0. The van der Waals surface area contributed by atoms with E-state index in [1.54, 1.807) is 0 Å². The maximum absolute atomic E-state index is 11.5. The van der Waals surface area contributed by atoms with Crippen LogP contribution in [0, 0.1) is 22.5 Å². The molecule has 7 heteroatoms. The molecular weight excluding hydrogens is 298 g/mol. The van der Waals surface area contributed by atoms with E-state index in [1.165, 1.54) is 30.3 Å². The summed E-state index contributed by atoms with van der Waals surface area (Å²) in [6.07, 6.45) is 4.98. The van der Waals surface area contributed by atoms with Crippen LogP contribution in [0.5, 0.6) is 0 Å². The van der Waals surface area contributed by atoms with Crippen LogP contribution in [-0.2, 0) is 4.74 Å². The van der Waals surface area contributed by atoms with E-state index in [2.05, 4.69) is 5.92 Å². The molecule has 2 aromatic rings. The topological polar surface area (TPSA) is 82.6 Å². The monoisotopic (exact) mass is 305 g/mol. The molecule has 0 amide bonds. The van der Waals surface area contributed by atoms with E-state index in [0.29, 0.717) is 11.3 Å². The van der Waals surface area contributed by atoms with E-state index in [9.17, 15) is 14.9 Å². The molecule has 0 aliphatic carbocycles. The number of halogens is 1. The van der Waals surface area contributed by atoms with Crippen LogP contribution >= 0.6 is 11.6 Å². The maximum Gasteiger partial charge on any atom is 0.375 e. The minimum atomic E-state index is -0.697. The molecule has 0 saturated carbocycles. The van der Waals surface area contributed by atoms with Crippen molar-refractivity contribution >= 4 is 23.3 Å². The number of carbonyl (C=O) groups excluding carboxylic acids is 1. The zero-order valence-corrected chi connectivity index (χ0v) is 11.3. The number of esters is 1. The van der Waals surface area contributed by atoms with E-state index >= 15 is 0 Å². The highest BCUT2D eigenvalue weighted by molar-refractivity contribution is 6.33. The van der Waals surface area contributed by atoms with Gasteiger partial charge in [0.2, 0.25) is 5.76 Å². The lowest BCUT2D eigenvalue weighted by atomic mass is 10.1. The second-order valence-electron chi connectivity index (χ2n) is 3.87. The largest absolute Gasteiger partial charge is 0.449 e. The summed E-state index contributed by atoms with van der Waals surface area (Å²) >= 11 is 5.97. The predicted molar refractivity (Wildman–Crippen MR) is 74.9 cm³/mol. The van der Waals surface area contributed by atoms with Crippen molar-refractivity contribution in [1.82, 2.24) is 0 Å². The van der Waals surface area contributed by atoms with Crippen molar-refractivity contribution in [2.75, 3.05) is 6.61 Å². The van der Waals surface area contributed by atoms with Gasteiger partial charge in [-0.1, -0.05) is 17.5 Å². The van der Waals surface area contributed by atoms with Gasteiger partial charge < -0.3 is 9.15 Å². The van der Waals surface area contributed by atoms with Crippen LogP contribution in [0.4, 0.5) is 5.69 Å². The Kier molecular flexibility index (Phi) is 4.26. The van der Waals surface area contributed by atoms with E-state index < -0.39 is 10.9 Å². The third-order valence-corrected chi connectivity index (χ3v) is 2.84. The number of non-ortho nitro benzene ring substituents is 1. The first-order valence-corrected chi connectivity index (χ1v) is 6.05. The number of nitrogens with zero attached hydrogens (tertiary/aromatic N) is 1. The van der Waals surface area contributed by atoms with Gasteiger partial charge in [-0.3, -0.25) is 10.1 Å². The summed E-state index contributed by atoms with van der Waals surface area (Å²) in [5.41, 5.74) is 0.294. The molecule has 0 aliphatic rings. The highest BCUT2D eigenvalue weighted by atomic mass is 35.5. The van der Waals surface area contributed by atoms with Gasteiger partial charge >= 0.3 is 5.97 Å². The summed E-state index contributed by atoms with van der Waals surface area (Å²) in [6, 6.07) is 6.86. The Morgan fingerprint density at radius 3 is 2.81 bits per heavy atom. The van der Waals surface area contributed by atoms with Crippen LogP contribution in [0.15, 0.2) is 34.7 Å². The summed E-state index contributed by atoms with van der Waals surface area (Å²) in [7, 11) is 0. The fourth-order valence-electron chi connectivity index (χ4n) is 1.59. The van der Waals surface area contributed by atoms with Gasteiger partial charge in [-0.05, 0) is 18.2 Å². The number of hydrogen-bond donors (Lipinski definition) is 0. The van der Waals surface area contributed by atoms with Gasteiger partial charge in [0.15, 0.2) is 6.61 Å². The number of hydrogen-bond acceptors (Lipinski definition) is 5. The molecule has 0 radical (unpaired) electrons. The van der Waals surface area contributed by atoms with Crippen molar-refractivity contribution in [3.8, 4) is 23.7 Å². The molecule has 21 heavy (non-hydrogen) atoms. The van der Waals surface area contributed by atoms with Gasteiger partial charge in [-0.25, -0.2) is 4.79 Å². The minimum Gasteiger partial charge on any atom is -0.449 e. The molecule has 6 nitrogen and oxygen atoms in total. The Morgan fingerprint density at radius 1 is 1.43 bits per heavy atom. The number of carbonyl (C=O) groups is 1. The molecule has 1 aromatic carbocycles. The molecule has 0 unspecified atom stereocenters. The lowest BCUT2D eigenvalue weighted by Crippen LogP contribution is -2.03. The van der Waals surface area contributed by atoms with Gasteiger partial charge in [0, 0.05) is 17.7 Å². The third-order valence-electron chi connectivity index (χ3n) is 2.52. The lowest BCUT2D eigenvalue weighted by Gasteiger charge is -2.01. The molecule has 0 spiro atoms. The average Bonchev–Trinajstić information content (AvgIpc) is 2.94. The second-order valence-corrected chi connectivity index (χ2v) is 4.27. The molecule has 1 heterocycles. The fraction of sp³-hybridized carbons (Fsp3) is 0.0714. The van der Waals surface area contributed by atoms with Crippen LogP contribution in [-0.4, -0.2) is 17.5 Å². The lowest BCUT2D eigenvalue weighted by molar-refractivity contribution is -0.384. The van der Waals surface area contributed by atoms with Crippen molar-refractivity contribution in [2.45, 2.75) is 0 Å². The molecule has 106 valence electrons. The van der Waals surface area contributed by atoms with Gasteiger partial charge in [0.05, 0.1) is 9.95 Å². The Balaban J connectivity index is 2.28.